The smallest absolute Gasteiger partial charge is 0.303 e. The van der Waals surface area contributed by atoms with Crippen molar-refractivity contribution in [3.8, 4) is 11.3 Å². The van der Waals surface area contributed by atoms with Gasteiger partial charge in [0.15, 0.2) is 0 Å². The van der Waals surface area contributed by atoms with Crippen LogP contribution in [0.5, 0.6) is 0 Å². The molecule has 0 radical (unpaired) electrons. The van der Waals surface area contributed by atoms with Crippen LogP contribution in [0.25, 0.3) is 11.3 Å². The van der Waals surface area contributed by atoms with Crippen molar-refractivity contribution in [2.75, 3.05) is 6.54 Å². The first-order valence-electron chi connectivity index (χ1n) is 9.11. The number of nitrogens with zero attached hydrogens (tertiary/aromatic N) is 2. The van der Waals surface area contributed by atoms with Crippen LogP contribution in [0.2, 0.25) is 0 Å². The first-order chi connectivity index (χ1) is 12.5. The molecule has 2 heterocycles. The molecular formula is C20H25N3O3. The van der Waals surface area contributed by atoms with E-state index >= 15 is 0 Å². The van der Waals surface area contributed by atoms with Gasteiger partial charge in [-0.15, -0.1) is 0 Å². The maximum atomic E-state index is 12.9. The molecule has 0 saturated carbocycles. The highest BCUT2D eigenvalue weighted by Gasteiger charge is 2.28. The van der Waals surface area contributed by atoms with Crippen molar-refractivity contribution in [1.29, 1.82) is 0 Å². The second-order valence-corrected chi connectivity index (χ2v) is 7.05. The summed E-state index contributed by atoms with van der Waals surface area (Å²) in [5, 5.41) is 16.1. The van der Waals surface area contributed by atoms with Crippen molar-refractivity contribution >= 4 is 11.9 Å². The summed E-state index contributed by atoms with van der Waals surface area (Å²) < 4.78 is 0. The van der Waals surface area contributed by atoms with Crippen molar-refractivity contribution < 1.29 is 14.7 Å². The Morgan fingerprint density at radius 3 is 2.77 bits per heavy atom. The zero-order valence-corrected chi connectivity index (χ0v) is 15.3. The highest BCUT2D eigenvalue weighted by molar-refractivity contribution is 5.93. The summed E-state index contributed by atoms with van der Waals surface area (Å²) in [6.07, 6.45) is 3.43. The zero-order valence-electron chi connectivity index (χ0n) is 15.3. The molecule has 0 spiro atoms. The van der Waals surface area contributed by atoms with Crippen molar-refractivity contribution in [2.45, 2.75) is 52.0 Å². The number of hydrogen-bond acceptors (Lipinski definition) is 3. The molecule has 1 aromatic carbocycles. The van der Waals surface area contributed by atoms with Crippen LogP contribution >= 0.6 is 0 Å². The number of carboxylic acid groups (broad SMARTS) is 1. The van der Waals surface area contributed by atoms with Gasteiger partial charge in [-0.3, -0.25) is 14.7 Å². The lowest BCUT2D eigenvalue weighted by atomic mass is 9.97. The van der Waals surface area contributed by atoms with E-state index in [0.29, 0.717) is 18.7 Å². The third-order valence-electron chi connectivity index (χ3n) is 5.19. The van der Waals surface area contributed by atoms with Gasteiger partial charge in [0.25, 0.3) is 5.91 Å². The van der Waals surface area contributed by atoms with Crippen LogP contribution in [0, 0.1) is 13.8 Å². The highest BCUT2D eigenvalue weighted by Crippen LogP contribution is 2.25. The van der Waals surface area contributed by atoms with Gasteiger partial charge in [-0.25, -0.2) is 0 Å². The molecule has 2 N–H and O–H groups in total. The summed E-state index contributed by atoms with van der Waals surface area (Å²) in [4.78, 5) is 25.6. The second kappa shape index (κ2) is 7.72. The van der Waals surface area contributed by atoms with Gasteiger partial charge in [0, 0.05) is 24.6 Å². The number of aliphatic carboxylic acids is 1. The summed E-state index contributed by atoms with van der Waals surface area (Å²) in [7, 11) is 0. The molecule has 6 nitrogen and oxygen atoms in total. The molecule has 6 heteroatoms. The number of aromatic nitrogens is 2. The van der Waals surface area contributed by atoms with Crippen molar-refractivity contribution in [1.82, 2.24) is 15.1 Å². The number of amides is 1. The minimum atomic E-state index is -0.818. The van der Waals surface area contributed by atoms with Gasteiger partial charge in [0.1, 0.15) is 5.69 Å². The number of carbonyl (C=O) groups is 2. The fraction of sp³-hybridized carbons (Fsp3) is 0.450. The molecule has 1 aliphatic rings. The number of carboxylic acids is 1. The van der Waals surface area contributed by atoms with Gasteiger partial charge < -0.3 is 10.0 Å². The number of aromatic amines is 1. The monoisotopic (exact) mass is 355 g/mol. The largest absolute Gasteiger partial charge is 0.481 e. The van der Waals surface area contributed by atoms with E-state index in [1.54, 1.807) is 6.07 Å². The second-order valence-electron chi connectivity index (χ2n) is 7.05. The molecule has 0 aliphatic carbocycles. The Balaban J connectivity index is 1.77. The molecule has 1 saturated heterocycles. The average molecular weight is 355 g/mol. The van der Waals surface area contributed by atoms with E-state index in [1.807, 2.05) is 17.0 Å². The molecule has 138 valence electrons. The van der Waals surface area contributed by atoms with Gasteiger partial charge in [-0.1, -0.05) is 12.1 Å². The quantitative estimate of drug-likeness (QED) is 0.859. The Morgan fingerprint density at radius 1 is 1.23 bits per heavy atom. The molecule has 26 heavy (non-hydrogen) atoms. The fourth-order valence-electron chi connectivity index (χ4n) is 3.49. The van der Waals surface area contributed by atoms with E-state index < -0.39 is 5.97 Å². The van der Waals surface area contributed by atoms with Crippen LogP contribution in [-0.2, 0) is 4.79 Å². The molecular weight excluding hydrogens is 330 g/mol. The molecule has 0 bridgehead atoms. The molecule has 1 fully saturated rings. The van der Waals surface area contributed by atoms with Gasteiger partial charge >= 0.3 is 5.97 Å². The summed E-state index contributed by atoms with van der Waals surface area (Å²) in [5.41, 5.74) is 4.58. The standard InChI is InChI=1S/C20H25N3O3/c1-13-6-7-15(11-14(13)2)17-12-18(22-21-17)20(26)23-10-4-3-5-16(23)8-9-19(24)25/h6-7,11-12,16H,3-5,8-10H2,1-2H3,(H,21,22)(H,24,25). The summed E-state index contributed by atoms with van der Waals surface area (Å²) in [6, 6.07) is 7.89. The van der Waals surface area contributed by atoms with Crippen molar-refractivity contribution in [3.63, 3.8) is 0 Å². The van der Waals surface area contributed by atoms with Crippen LogP contribution < -0.4 is 0 Å². The van der Waals surface area contributed by atoms with Crippen molar-refractivity contribution in [3.05, 3.63) is 41.1 Å². The van der Waals surface area contributed by atoms with Crippen LogP contribution in [0.4, 0.5) is 0 Å². The Labute approximate surface area is 153 Å². The molecule has 1 aliphatic heterocycles. The molecule has 1 amide bonds. The van der Waals surface area contributed by atoms with E-state index in [1.165, 1.54) is 11.1 Å². The summed E-state index contributed by atoms with van der Waals surface area (Å²) in [5.74, 6) is -0.913. The molecule has 1 aromatic heterocycles. The van der Waals surface area contributed by atoms with Crippen LogP contribution in [-0.4, -0.2) is 44.7 Å². The Bertz CT molecular complexity index is 812. The Morgan fingerprint density at radius 2 is 2.04 bits per heavy atom. The summed E-state index contributed by atoms with van der Waals surface area (Å²) in [6.45, 7) is 4.78. The SMILES string of the molecule is Cc1ccc(-c2cc(C(=O)N3CCCCC3CCC(=O)O)[nH]n2)cc1C. The Kier molecular flexibility index (Phi) is 5.40. The zero-order chi connectivity index (χ0) is 18.7. The van der Waals surface area contributed by atoms with Gasteiger partial charge in [-0.2, -0.15) is 5.10 Å². The third kappa shape index (κ3) is 3.95. The van der Waals surface area contributed by atoms with E-state index in [4.69, 9.17) is 5.11 Å². The van der Waals surface area contributed by atoms with Gasteiger partial charge in [0.2, 0.25) is 0 Å². The maximum Gasteiger partial charge on any atom is 0.303 e. The predicted molar refractivity (Wildman–Crippen MR) is 99.0 cm³/mol. The number of nitrogens with one attached hydrogen (secondary N) is 1. The number of benzene rings is 1. The van der Waals surface area contributed by atoms with E-state index in [9.17, 15) is 9.59 Å². The number of H-pyrrole nitrogens is 1. The topological polar surface area (TPSA) is 86.3 Å². The predicted octanol–water partition coefficient (Wildman–Crippen LogP) is 3.55. The molecule has 1 atom stereocenters. The lowest BCUT2D eigenvalue weighted by molar-refractivity contribution is -0.137. The lowest BCUT2D eigenvalue weighted by Gasteiger charge is -2.35. The van der Waals surface area contributed by atoms with E-state index in [-0.39, 0.29) is 18.4 Å². The van der Waals surface area contributed by atoms with E-state index in [0.717, 1.165) is 30.5 Å². The maximum absolute atomic E-state index is 12.9. The summed E-state index contributed by atoms with van der Waals surface area (Å²) >= 11 is 0. The minimum Gasteiger partial charge on any atom is -0.481 e. The number of likely N-dealkylation sites (tertiary alicyclic amines) is 1. The van der Waals surface area contributed by atoms with Gasteiger partial charge in [-0.05, 0) is 62.8 Å². The molecule has 1 unspecified atom stereocenters. The first-order valence-corrected chi connectivity index (χ1v) is 9.11. The average Bonchev–Trinajstić information content (AvgIpc) is 3.12. The molecule has 2 aromatic rings. The van der Waals surface area contributed by atoms with Crippen LogP contribution in [0.3, 0.4) is 0 Å². The fourth-order valence-corrected chi connectivity index (χ4v) is 3.49. The lowest BCUT2D eigenvalue weighted by Crippen LogP contribution is -2.44. The normalized spacial score (nSPS) is 17.3. The number of piperidine rings is 1. The van der Waals surface area contributed by atoms with E-state index in [2.05, 4.69) is 30.1 Å². The van der Waals surface area contributed by atoms with Gasteiger partial charge in [0.05, 0.1) is 5.69 Å². The first kappa shape index (κ1) is 18.2. The minimum absolute atomic E-state index is 0.0132. The van der Waals surface area contributed by atoms with Crippen molar-refractivity contribution in [2.24, 2.45) is 0 Å². The molecule has 3 rings (SSSR count). The van der Waals surface area contributed by atoms with Crippen LogP contribution in [0.1, 0.15) is 53.7 Å². The number of rotatable bonds is 5. The van der Waals surface area contributed by atoms with Crippen LogP contribution in [0.15, 0.2) is 24.3 Å². The number of aryl methyl sites for hydroxylation is 2. The third-order valence-corrected chi connectivity index (χ3v) is 5.19. The highest BCUT2D eigenvalue weighted by atomic mass is 16.4. The number of carbonyl (C=O) groups excluding carboxylic acids is 1. The Hall–Kier alpha value is -2.63. The number of hydrogen-bond donors (Lipinski definition) is 2.